The van der Waals surface area contributed by atoms with Crippen molar-refractivity contribution >= 4 is 35.1 Å². The van der Waals surface area contributed by atoms with E-state index >= 15 is 0 Å². The topological polar surface area (TPSA) is 58.1 Å². The number of carbonyl (C=O) groups is 1. The summed E-state index contributed by atoms with van der Waals surface area (Å²) in [5.41, 5.74) is 0. The fourth-order valence-electron chi connectivity index (χ4n) is 1.68. The third-order valence-corrected chi connectivity index (χ3v) is 3.84. The molecule has 7 heteroatoms. The van der Waals surface area contributed by atoms with Crippen molar-refractivity contribution in [2.75, 3.05) is 30.8 Å². The Morgan fingerprint density at radius 2 is 2.14 bits per heavy atom. The molecule has 21 heavy (non-hydrogen) atoms. The second kappa shape index (κ2) is 9.84. The maximum atomic E-state index is 11.7. The summed E-state index contributed by atoms with van der Waals surface area (Å²) < 4.78 is 0. The molecule has 0 bridgehead atoms. The highest BCUT2D eigenvalue weighted by Crippen LogP contribution is 2.21. The summed E-state index contributed by atoms with van der Waals surface area (Å²) in [6.07, 6.45) is 3.09. The number of thioether (sulfide) groups is 1. The average Bonchev–Trinajstić information content (AvgIpc) is 2.45. The number of nitrogens with zero attached hydrogens (tertiary/aromatic N) is 3. The van der Waals surface area contributed by atoms with Gasteiger partial charge in [0, 0.05) is 26.2 Å². The molecular weight excluding hydrogens is 308 g/mol. The van der Waals surface area contributed by atoms with Gasteiger partial charge in [-0.1, -0.05) is 43.6 Å². The zero-order valence-electron chi connectivity index (χ0n) is 12.9. The maximum absolute atomic E-state index is 11.7. The molecule has 0 saturated carbocycles. The summed E-state index contributed by atoms with van der Waals surface area (Å²) in [6.45, 7) is 5.82. The molecule has 0 aliphatic carbocycles. The normalized spacial score (nSPS) is 10.5. The van der Waals surface area contributed by atoms with E-state index in [9.17, 15) is 4.79 Å². The number of anilines is 1. The first-order chi connectivity index (χ1) is 10.1. The van der Waals surface area contributed by atoms with Crippen LogP contribution in [0.2, 0.25) is 5.15 Å². The van der Waals surface area contributed by atoms with E-state index in [1.807, 2.05) is 11.9 Å². The molecule has 0 radical (unpaired) electrons. The molecule has 0 aliphatic heterocycles. The third kappa shape index (κ3) is 7.00. The highest BCUT2D eigenvalue weighted by Gasteiger charge is 2.09. The van der Waals surface area contributed by atoms with Crippen LogP contribution in [0, 0.1) is 0 Å². The number of nitrogens with one attached hydrogen (secondary N) is 1. The number of hydrogen-bond donors (Lipinski definition) is 1. The van der Waals surface area contributed by atoms with Gasteiger partial charge >= 0.3 is 0 Å². The lowest BCUT2D eigenvalue weighted by Gasteiger charge is -2.17. The van der Waals surface area contributed by atoms with E-state index in [0.29, 0.717) is 16.1 Å². The number of halogens is 1. The second-order valence-corrected chi connectivity index (χ2v) is 6.07. The Morgan fingerprint density at radius 1 is 1.38 bits per heavy atom. The van der Waals surface area contributed by atoms with Gasteiger partial charge in [-0.25, -0.2) is 9.97 Å². The molecule has 0 spiro atoms. The Morgan fingerprint density at radius 3 is 2.81 bits per heavy atom. The molecule has 1 heterocycles. The van der Waals surface area contributed by atoms with Gasteiger partial charge in [-0.15, -0.1) is 0 Å². The molecule has 1 rings (SSSR count). The van der Waals surface area contributed by atoms with Gasteiger partial charge in [0.05, 0.1) is 5.75 Å². The number of carbonyl (C=O) groups excluding carboxylic acids is 1. The lowest BCUT2D eigenvalue weighted by atomic mass is 10.3. The molecular formula is C14H23ClN4OS. The Kier molecular flexibility index (Phi) is 8.45. The number of unbranched alkanes of at least 4 members (excludes halogenated alkanes) is 1. The van der Waals surface area contributed by atoms with Gasteiger partial charge in [-0.3, -0.25) is 4.79 Å². The summed E-state index contributed by atoms with van der Waals surface area (Å²) in [5.74, 6) is 1.09. The van der Waals surface area contributed by atoms with Crippen LogP contribution >= 0.6 is 23.4 Å². The monoisotopic (exact) mass is 330 g/mol. The van der Waals surface area contributed by atoms with Crippen LogP contribution in [-0.4, -0.2) is 41.8 Å². The number of rotatable bonds is 9. The van der Waals surface area contributed by atoms with Crippen molar-refractivity contribution in [1.29, 1.82) is 0 Å². The van der Waals surface area contributed by atoms with Gasteiger partial charge in [-0.05, 0) is 12.8 Å². The van der Waals surface area contributed by atoms with Crippen LogP contribution < -0.4 is 10.2 Å². The van der Waals surface area contributed by atoms with Crippen molar-refractivity contribution in [2.24, 2.45) is 0 Å². The second-order valence-electron chi connectivity index (χ2n) is 4.75. The summed E-state index contributed by atoms with van der Waals surface area (Å²) in [7, 11) is 1.97. The van der Waals surface area contributed by atoms with E-state index in [-0.39, 0.29) is 5.91 Å². The van der Waals surface area contributed by atoms with Gasteiger partial charge in [0.2, 0.25) is 5.91 Å². The van der Waals surface area contributed by atoms with Crippen molar-refractivity contribution in [2.45, 2.75) is 38.3 Å². The minimum atomic E-state index is 0.000452. The predicted octanol–water partition coefficient (Wildman–Crippen LogP) is 2.98. The molecule has 5 nitrogen and oxygen atoms in total. The highest BCUT2D eigenvalue weighted by atomic mass is 35.5. The van der Waals surface area contributed by atoms with E-state index in [1.165, 1.54) is 11.8 Å². The number of amides is 1. The molecule has 0 aliphatic rings. The molecule has 1 N–H and O–H groups in total. The molecule has 0 fully saturated rings. The van der Waals surface area contributed by atoms with E-state index in [2.05, 4.69) is 29.1 Å². The molecule has 1 amide bonds. The minimum absolute atomic E-state index is 0.000452. The van der Waals surface area contributed by atoms with Crippen molar-refractivity contribution in [3.05, 3.63) is 11.2 Å². The Balaban J connectivity index is 2.56. The van der Waals surface area contributed by atoms with Crippen molar-refractivity contribution in [1.82, 2.24) is 15.3 Å². The number of aromatic nitrogens is 2. The molecule has 0 atom stereocenters. The zero-order valence-corrected chi connectivity index (χ0v) is 14.4. The van der Waals surface area contributed by atoms with Crippen LogP contribution in [0.25, 0.3) is 0 Å². The largest absolute Gasteiger partial charge is 0.360 e. The lowest BCUT2D eigenvalue weighted by Crippen LogP contribution is -2.26. The quantitative estimate of drug-likeness (QED) is 0.326. The Hall–Kier alpha value is -1.01. The van der Waals surface area contributed by atoms with E-state index in [1.54, 1.807) is 6.07 Å². The first-order valence-electron chi connectivity index (χ1n) is 7.22. The van der Waals surface area contributed by atoms with Crippen LogP contribution in [0.4, 0.5) is 5.82 Å². The Bertz CT molecular complexity index is 459. The van der Waals surface area contributed by atoms with E-state index in [0.717, 1.165) is 38.2 Å². The SMILES string of the molecule is CCCCNC(=O)CSc1nc(Cl)cc(N(C)CCC)n1. The molecule has 118 valence electrons. The first kappa shape index (κ1) is 18.0. The highest BCUT2D eigenvalue weighted by molar-refractivity contribution is 7.99. The Labute approximate surface area is 135 Å². The molecule has 0 unspecified atom stereocenters. The third-order valence-electron chi connectivity index (χ3n) is 2.80. The summed E-state index contributed by atoms with van der Waals surface area (Å²) in [5, 5.41) is 3.80. The van der Waals surface area contributed by atoms with E-state index < -0.39 is 0 Å². The van der Waals surface area contributed by atoms with Gasteiger partial charge in [-0.2, -0.15) is 0 Å². The smallest absolute Gasteiger partial charge is 0.230 e. The summed E-state index contributed by atoms with van der Waals surface area (Å²) >= 11 is 7.33. The van der Waals surface area contributed by atoms with Crippen LogP contribution in [0.3, 0.4) is 0 Å². The van der Waals surface area contributed by atoms with Crippen LogP contribution in [0.1, 0.15) is 33.1 Å². The maximum Gasteiger partial charge on any atom is 0.230 e. The zero-order chi connectivity index (χ0) is 15.7. The number of hydrogen-bond acceptors (Lipinski definition) is 5. The standard InChI is InChI=1S/C14H23ClN4OS/c1-4-6-7-16-13(20)10-21-14-17-11(15)9-12(18-14)19(3)8-5-2/h9H,4-8,10H2,1-3H3,(H,16,20). The fraction of sp³-hybridized carbons (Fsp3) is 0.643. The minimum Gasteiger partial charge on any atom is -0.360 e. The van der Waals surface area contributed by atoms with Crippen LogP contribution in [-0.2, 0) is 4.79 Å². The summed E-state index contributed by atoms with van der Waals surface area (Å²) in [6, 6.07) is 1.74. The lowest BCUT2D eigenvalue weighted by molar-refractivity contribution is -0.118. The molecule has 1 aromatic rings. The van der Waals surface area contributed by atoms with Gasteiger partial charge in [0.25, 0.3) is 0 Å². The van der Waals surface area contributed by atoms with Gasteiger partial charge < -0.3 is 10.2 Å². The van der Waals surface area contributed by atoms with Crippen LogP contribution in [0.5, 0.6) is 0 Å². The van der Waals surface area contributed by atoms with Crippen molar-refractivity contribution < 1.29 is 4.79 Å². The van der Waals surface area contributed by atoms with E-state index in [4.69, 9.17) is 11.6 Å². The molecule has 0 aromatic carbocycles. The van der Waals surface area contributed by atoms with Gasteiger partial charge in [0.1, 0.15) is 11.0 Å². The van der Waals surface area contributed by atoms with Crippen molar-refractivity contribution in [3.8, 4) is 0 Å². The molecule has 1 aromatic heterocycles. The van der Waals surface area contributed by atoms with Crippen molar-refractivity contribution in [3.63, 3.8) is 0 Å². The predicted molar refractivity (Wildman–Crippen MR) is 89.2 cm³/mol. The van der Waals surface area contributed by atoms with Gasteiger partial charge in [0.15, 0.2) is 5.16 Å². The van der Waals surface area contributed by atoms with Crippen LogP contribution in [0.15, 0.2) is 11.2 Å². The molecule has 0 saturated heterocycles. The fourth-order valence-corrected chi connectivity index (χ4v) is 2.59. The first-order valence-corrected chi connectivity index (χ1v) is 8.58. The average molecular weight is 331 g/mol. The summed E-state index contributed by atoms with van der Waals surface area (Å²) in [4.78, 5) is 22.3.